The van der Waals surface area contributed by atoms with Crippen molar-refractivity contribution in [3.8, 4) is 0 Å². The van der Waals surface area contributed by atoms with Crippen LogP contribution < -0.4 is 5.32 Å². The van der Waals surface area contributed by atoms with E-state index in [9.17, 15) is 0 Å². The van der Waals surface area contributed by atoms with Crippen LogP contribution in [0.15, 0.2) is 29.5 Å². The minimum absolute atomic E-state index is 0.816. The summed E-state index contributed by atoms with van der Waals surface area (Å²) >= 11 is 0. The molecule has 0 aromatic rings. The molecule has 0 bridgehead atoms. The van der Waals surface area contributed by atoms with Gasteiger partial charge in [0.1, 0.15) is 0 Å². The second kappa shape index (κ2) is 4.82. The molecular formula is C10H17N3. The van der Waals surface area contributed by atoms with Gasteiger partial charge in [-0.15, -0.1) is 0 Å². The van der Waals surface area contributed by atoms with Crippen LogP contribution in [-0.2, 0) is 0 Å². The van der Waals surface area contributed by atoms with E-state index in [2.05, 4.69) is 28.4 Å². The van der Waals surface area contributed by atoms with E-state index in [-0.39, 0.29) is 0 Å². The van der Waals surface area contributed by atoms with E-state index in [0.717, 1.165) is 37.6 Å². The molecule has 1 aliphatic heterocycles. The number of nitrogens with one attached hydrogen (secondary N) is 1. The minimum Gasteiger partial charge on any atom is -0.368 e. The molecule has 3 heteroatoms. The maximum absolute atomic E-state index is 4.12. The summed E-state index contributed by atoms with van der Waals surface area (Å²) in [6, 6.07) is 0. The number of aliphatic imine (C=N–C) groups is 1. The fourth-order valence-corrected chi connectivity index (χ4v) is 1.22. The van der Waals surface area contributed by atoms with Crippen LogP contribution in [0, 0.1) is 0 Å². The first-order chi connectivity index (χ1) is 6.20. The molecule has 0 saturated carbocycles. The molecule has 0 amide bonds. The van der Waals surface area contributed by atoms with Gasteiger partial charge in [0.15, 0.2) is 0 Å². The van der Waals surface area contributed by atoms with E-state index in [1.54, 1.807) is 6.21 Å². The van der Waals surface area contributed by atoms with E-state index in [1.165, 1.54) is 0 Å². The number of hydrogen-bond acceptors (Lipinski definition) is 3. The van der Waals surface area contributed by atoms with Gasteiger partial charge in [-0.05, 0) is 6.92 Å². The highest BCUT2D eigenvalue weighted by Crippen LogP contribution is 2.01. The molecule has 0 aromatic carbocycles. The second-order valence-electron chi connectivity index (χ2n) is 3.22. The average Bonchev–Trinajstić information content (AvgIpc) is 2.15. The van der Waals surface area contributed by atoms with Crippen LogP contribution in [-0.4, -0.2) is 37.3 Å². The van der Waals surface area contributed by atoms with Crippen LogP contribution in [0.25, 0.3) is 0 Å². The van der Waals surface area contributed by atoms with Crippen LogP contribution in [0.5, 0.6) is 0 Å². The third-order valence-electron chi connectivity index (χ3n) is 1.96. The summed E-state index contributed by atoms with van der Waals surface area (Å²) in [6.07, 6.45) is 1.79. The predicted octanol–water partition coefficient (Wildman–Crippen LogP) is 1.01. The van der Waals surface area contributed by atoms with Crippen molar-refractivity contribution in [3.63, 3.8) is 0 Å². The van der Waals surface area contributed by atoms with Crippen LogP contribution in [0.3, 0.4) is 0 Å². The molecule has 1 rings (SSSR count). The van der Waals surface area contributed by atoms with Crippen molar-refractivity contribution in [2.24, 2.45) is 4.99 Å². The van der Waals surface area contributed by atoms with Gasteiger partial charge in [0.2, 0.25) is 0 Å². The Bertz CT molecular complexity index is 224. The first kappa shape index (κ1) is 9.99. The van der Waals surface area contributed by atoms with E-state index < -0.39 is 0 Å². The van der Waals surface area contributed by atoms with Gasteiger partial charge >= 0.3 is 0 Å². The smallest absolute Gasteiger partial charge is 0.0498 e. The summed E-state index contributed by atoms with van der Waals surface area (Å²) in [6.45, 7) is 13.6. The summed E-state index contributed by atoms with van der Waals surface area (Å²) < 4.78 is 0. The average molecular weight is 179 g/mol. The summed E-state index contributed by atoms with van der Waals surface area (Å²) in [5, 5.41) is 3.29. The van der Waals surface area contributed by atoms with E-state index in [0.29, 0.717) is 0 Å². The molecule has 1 N–H and O–H groups in total. The van der Waals surface area contributed by atoms with Crippen molar-refractivity contribution in [1.82, 2.24) is 10.2 Å². The Morgan fingerprint density at radius 2 is 2.00 bits per heavy atom. The lowest BCUT2D eigenvalue weighted by molar-refractivity contribution is 0.314. The molecule has 0 aromatic heterocycles. The van der Waals surface area contributed by atoms with Crippen molar-refractivity contribution < 1.29 is 0 Å². The Balaban J connectivity index is 2.41. The largest absolute Gasteiger partial charge is 0.368 e. The maximum Gasteiger partial charge on any atom is 0.0498 e. The molecule has 72 valence electrons. The lowest BCUT2D eigenvalue weighted by atomic mass is 10.3. The van der Waals surface area contributed by atoms with Gasteiger partial charge in [-0.3, -0.25) is 4.99 Å². The number of hydrogen-bond donors (Lipinski definition) is 1. The highest BCUT2D eigenvalue weighted by atomic mass is 15.2. The van der Waals surface area contributed by atoms with Crippen LogP contribution in [0.4, 0.5) is 0 Å². The molecule has 0 atom stereocenters. The number of piperazine rings is 1. The summed E-state index contributed by atoms with van der Waals surface area (Å²) in [4.78, 5) is 6.34. The normalized spacial score (nSPS) is 17.8. The molecular weight excluding hydrogens is 162 g/mol. The monoisotopic (exact) mass is 179 g/mol. The first-order valence-corrected chi connectivity index (χ1v) is 4.54. The van der Waals surface area contributed by atoms with E-state index in [1.807, 2.05) is 6.92 Å². The third-order valence-corrected chi connectivity index (χ3v) is 1.96. The first-order valence-electron chi connectivity index (χ1n) is 4.54. The molecule has 3 nitrogen and oxygen atoms in total. The topological polar surface area (TPSA) is 27.6 Å². The molecule has 1 aliphatic rings. The highest BCUT2D eigenvalue weighted by molar-refractivity contribution is 5.77. The zero-order valence-electron chi connectivity index (χ0n) is 8.21. The zero-order valence-corrected chi connectivity index (χ0v) is 8.21. The van der Waals surface area contributed by atoms with Gasteiger partial charge in [0.25, 0.3) is 0 Å². The van der Waals surface area contributed by atoms with Gasteiger partial charge in [-0.25, -0.2) is 0 Å². The van der Waals surface area contributed by atoms with Crippen LogP contribution >= 0.6 is 0 Å². The molecule has 1 heterocycles. The SMILES string of the molecule is C=C(C)N=CC(=C)N1CCNCC1. The van der Waals surface area contributed by atoms with Gasteiger partial charge in [-0.1, -0.05) is 13.2 Å². The van der Waals surface area contributed by atoms with Crippen molar-refractivity contribution in [3.05, 3.63) is 24.6 Å². The number of nitrogens with zero attached hydrogens (tertiary/aromatic N) is 2. The maximum atomic E-state index is 4.12. The van der Waals surface area contributed by atoms with Gasteiger partial charge in [0, 0.05) is 43.8 Å². The van der Waals surface area contributed by atoms with E-state index >= 15 is 0 Å². The number of rotatable bonds is 3. The summed E-state index contributed by atoms with van der Waals surface area (Å²) in [7, 11) is 0. The van der Waals surface area contributed by atoms with Crippen LogP contribution in [0.2, 0.25) is 0 Å². The Kier molecular flexibility index (Phi) is 3.71. The third kappa shape index (κ3) is 3.42. The predicted molar refractivity (Wildman–Crippen MR) is 56.9 cm³/mol. The molecule has 0 aliphatic carbocycles. The Morgan fingerprint density at radius 1 is 1.38 bits per heavy atom. The van der Waals surface area contributed by atoms with Gasteiger partial charge in [-0.2, -0.15) is 0 Å². The fourth-order valence-electron chi connectivity index (χ4n) is 1.22. The standard InChI is InChI=1S/C10H17N3/c1-9(2)12-8-10(3)13-6-4-11-5-7-13/h8,11H,1,3-7H2,2H3. The van der Waals surface area contributed by atoms with E-state index in [4.69, 9.17) is 0 Å². The Morgan fingerprint density at radius 3 is 2.54 bits per heavy atom. The molecule has 1 fully saturated rings. The van der Waals surface area contributed by atoms with Gasteiger partial charge < -0.3 is 10.2 Å². The second-order valence-corrected chi connectivity index (χ2v) is 3.22. The number of allylic oxidation sites excluding steroid dienone is 2. The molecule has 0 radical (unpaired) electrons. The molecule has 1 saturated heterocycles. The Labute approximate surface area is 79.8 Å². The van der Waals surface area contributed by atoms with Crippen molar-refractivity contribution in [2.75, 3.05) is 26.2 Å². The zero-order chi connectivity index (χ0) is 9.68. The summed E-state index contributed by atoms with van der Waals surface area (Å²) in [5.41, 5.74) is 1.79. The molecule has 13 heavy (non-hydrogen) atoms. The fraction of sp³-hybridized carbons (Fsp3) is 0.500. The molecule has 0 spiro atoms. The minimum atomic E-state index is 0.816. The molecule has 0 unspecified atom stereocenters. The van der Waals surface area contributed by atoms with Gasteiger partial charge in [0.05, 0.1) is 0 Å². The lowest BCUT2D eigenvalue weighted by Crippen LogP contribution is -2.42. The lowest BCUT2D eigenvalue weighted by Gasteiger charge is -2.29. The van der Waals surface area contributed by atoms with Crippen LogP contribution in [0.1, 0.15) is 6.92 Å². The van der Waals surface area contributed by atoms with Crippen molar-refractivity contribution in [2.45, 2.75) is 6.92 Å². The Hall–Kier alpha value is -1.09. The highest BCUT2D eigenvalue weighted by Gasteiger charge is 2.08. The van der Waals surface area contributed by atoms with Crippen molar-refractivity contribution in [1.29, 1.82) is 0 Å². The summed E-state index contributed by atoms with van der Waals surface area (Å²) in [5.74, 6) is 0. The van der Waals surface area contributed by atoms with Crippen molar-refractivity contribution >= 4 is 6.21 Å². The quantitative estimate of drug-likeness (QED) is 0.655.